The number of hydrogen-bond donors (Lipinski definition) is 1. The first kappa shape index (κ1) is 22.8. The summed E-state index contributed by atoms with van der Waals surface area (Å²) in [5, 5.41) is 15.3. The maximum atomic E-state index is 12.9. The molecule has 1 aromatic heterocycles. The molecule has 2 fully saturated rings. The first-order valence-corrected chi connectivity index (χ1v) is 11.4. The molecule has 2 aromatic rings. The molecule has 2 aliphatic rings. The molecule has 32 heavy (non-hydrogen) atoms. The fourth-order valence-corrected chi connectivity index (χ4v) is 5.11. The van der Waals surface area contributed by atoms with E-state index in [-0.39, 0.29) is 18.0 Å². The molecule has 9 heteroatoms. The highest BCUT2D eigenvalue weighted by Crippen LogP contribution is 2.41. The summed E-state index contributed by atoms with van der Waals surface area (Å²) in [5.41, 5.74) is 1.72. The summed E-state index contributed by atoms with van der Waals surface area (Å²) < 4.78 is 1.32. The van der Waals surface area contributed by atoms with E-state index < -0.39 is 6.23 Å². The van der Waals surface area contributed by atoms with Crippen molar-refractivity contribution in [1.29, 1.82) is 0 Å². The fraction of sp³-hybridized carbons (Fsp3) is 0.522. The molecule has 1 aliphatic carbocycles. The van der Waals surface area contributed by atoms with Crippen LogP contribution in [0, 0.1) is 11.8 Å². The van der Waals surface area contributed by atoms with Crippen molar-refractivity contribution >= 4 is 29.2 Å². The first-order chi connectivity index (χ1) is 15.2. The van der Waals surface area contributed by atoms with E-state index in [1.54, 1.807) is 13.2 Å². The Morgan fingerprint density at radius 2 is 1.84 bits per heavy atom. The Kier molecular flexibility index (Phi) is 6.55. The third-order valence-corrected chi connectivity index (χ3v) is 7.10. The van der Waals surface area contributed by atoms with Crippen molar-refractivity contribution in [3.05, 3.63) is 47.2 Å². The molecule has 1 aromatic carbocycles. The Labute approximate surface area is 193 Å². The van der Waals surface area contributed by atoms with Crippen LogP contribution in [0.4, 0.5) is 10.5 Å². The van der Waals surface area contributed by atoms with Gasteiger partial charge in [0.1, 0.15) is 6.23 Å². The van der Waals surface area contributed by atoms with Crippen LogP contribution < -0.4 is 4.90 Å². The number of hydrogen-bond acceptors (Lipinski definition) is 5. The summed E-state index contributed by atoms with van der Waals surface area (Å²) >= 11 is 6.00. The second kappa shape index (κ2) is 9.21. The van der Waals surface area contributed by atoms with Crippen molar-refractivity contribution in [3.8, 4) is 0 Å². The minimum atomic E-state index is -0.548. The molecule has 1 aliphatic heterocycles. The zero-order valence-electron chi connectivity index (χ0n) is 18.7. The topological polar surface area (TPSA) is 81.9 Å². The Morgan fingerprint density at radius 3 is 2.41 bits per heavy atom. The van der Waals surface area contributed by atoms with E-state index in [1.807, 2.05) is 36.1 Å². The fourth-order valence-electron chi connectivity index (χ4n) is 4.98. The van der Waals surface area contributed by atoms with E-state index in [9.17, 15) is 14.7 Å². The molecule has 0 spiro atoms. The molecule has 0 bridgehead atoms. The van der Waals surface area contributed by atoms with Gasteiger partial charge in [0, 0.05) is 44.7 Å². The number of aliphatic hydroxyl groups excluding tert-OH is 1. The van der Waals surface area contributed by atoms with Crippen molar-refractivity contribution in [2.75, 3.05) is 25.0 Å². The predicted molar refractivity (Wildman–Crippen MR) is 122 cm³/mol. The zero-order valence-corrected chi connectivity index (χ0v) is 19.4. The van der Waals surface area contributed by atoms with Gasteiger partial charge in [-0.1, -0.05) is 23.7 Å². The second-order valence-electron chi connectivity index (χ2n) is 8.98. The standard InChI is InChI=1S/C23H30ClN5O3/c1-15(30)26(3)22-10-25-29(14-22)23(32)27-12-18-8-21(9-19(18)13-27)28(16(2)31)11-17-4-6-20(24)7-5-17/h4-7,10,14,16,18-19,21,31H,8-9,11-13H2,1-3H3/t16?,18-,19+,21?. The van der Waals surface area contributed by atoms with Crippen LogP contribution in [-0.4, -0.2) is 69.0 Å². The lowest BCUT2D eigenvalue weighted by Gasteiger charge is -2.32. The average molecular weight is 460 g/mol. The number of carbonyl (C=O) groups is 2. The van der Waals surface area contributed by atoms with Crippen LogP contribution in [0.3, 0.4) is 0 Å². The highest BCUT2D eigenvalue weighted by molar-refractivity contribution is 6.30. The summed E-state index contributed by atoms with van der Waals surface area (Å²) in [6.45, 7) is 5.33. The largest absolute Gasteiger partial charge is 0.379 e. The third kappa shape index (κ3) is 4.67. The quantitative estimate of drug-likeness (QED) is 0.695. The van der Waals surface area contributed by atoms with Gasteiger partial charge >= 0.3 is 6.03 Å². The number of aromatic nitrogens is 2. The van der Waals surface area contributed by atoms with Gasteiger partial charge in [-0.15, -0.1) is 0 Å². The number of fused-ring (bicyclic) bond motifs is 1. The van der Waals surface area contributed by atoms with Crippen LogP contribution in [0.5, 0.6) is 0 Å². The number of amides is 2. The van der Waals surface area contributed by atoms with Crippen LogP contribution >= 0.6 is 11.6 Å². The number of rotatable bonds is 5. The molecule has 1 N–H and O–H groups in total. The second-order valence-corrected chi connectivity index (χ2v) is 9.42. The molecule has 2 amide bonds. The minimum Gasteiger partial charge on any atom is -0.379 e. The van der Waals surface area contributed by atoms with Gasteiger partial charge in [-0.25, -0.2) is 4.79 Å². The normalized spacial score (nSPS) is 23.4. The Balaban J connectivity index is 1.37. The summed E-state index contributed by atoms with van der Waals surface area (Å²) in [4.78, 5) is 29.9. The van der Waals surface area contributed by atoms with Crippen LogP contribution in [0.2, 0.25) is 5.02 Å². The molecule has 4 rings (SSSR count). The number of benzene rings is 1. The van der Waals surface area contributed by atoms with Gasteiger partial charge in [-0.2, -0.15) is 9.78 Å². The molecule has 1 saturated heterocycles. The summed E-state index contributed by atoms with van der Waals surface area (Å²) in [5.74, 6) is 0.704. The number of aliphatic hydroxyl groups is 1. The maximum absolute atomic E-state index is 12.9. The van der Waals surface area contributed by atoms with Gasteiger partial charge in [0.25, 0.3) is 0 Å². The van der Waals surface area contributed by atoms with Crippen molar-refractivity contribution in [2.45, 2.75) is 45.5 Å². The molecular formula is C23H30ClN5O3. The number of nitrogens with zero attached hydrogens (tertiary/aromatic N) is 5. The SMILES string of the molecule is CC(=O)N(C)c1cnn(C(=O)N2C[C@H]3CC(N(Cc4ccc(Cl)cc4)C(C)O)C[C@H]3C2)c1. The van der Waals surface area contributed by atoms with Gasteiger partial charge in [0.05, 0.1) is 18.1 Å². The highest BCUT2D eigenvalue weighted by Gasteiger charge is 2.45. The van der Waals surface area contributed by atoms with Gasteiger partial charge in [-0.3, -0.25) is 9.69 Å². The molecular weight excluding hydrogens is 430 g/mol. The van der Waals surface area contributed by atoms with E-state index in [4.69, 9.17) is 11.6 Å². The molecule has 1 saturated carbocycles. The first-order valence-electron chi connectivity index (χ1n) is 11.0. The molecule has 2 unspecified atom stereocenters. The summed E-state index contributed by atoms with van der Waals surface area (Å²) in [6.07, 6.45) is 4.48. The lowest BCUT2D eigenvalue weighted by atomic mass is 10.0. The average Bonchev–Trinajstić information content (AvgIpc) is 3.46. The van der Waals surface area contributed by atoms with Crippen LogP contribution in [0.25, 0.3) is 0 Å². The smallest absolute Gasteiger partial charge is 0.344 e. The monoisotopic (exact) mass is 459 g/mol. The highest BCUT2D eigenvalue weighted by atomic mass is 35.5. The van der Waals surface area contributed by atoms with Crippen molar-refractivity contribution in [1.82, 2.24) is 19.6 Å². The predicted octanol–water partition coefficient (Wildman–Crippen LogP) is 3.04. The number of likely N-dealkylation sites (tertiary alicyclic amines) is 1. The number of halogens is 1. The number of carbonyl (C=O) groups excluding carboxylic acids is 2. The van der Waals surface area contributed by atoms with Crippen molar-refractivity contribution in [2.24, 2.45) is 11.8 Å². The Hall–Kier alpha value is -2.42. The Bertz CT molecular complexity index is 962. The summed E-state index contributed by atoms with van der Waals surface area (Å²) in [7, 11) is 1.66. The van der Waals surface area contributed by atoms with Gasteiger partial charge in [0.15, 0.2) is 0 Å². The van der Waals surface area contributed by atoms with E-state index in [1.165, 1.54) is 22.7 Å². The maximum Gasteiger partial charge on any atom is 0.344 e. The third-order valence-electron chi connectivity index (χ3n) is 6.85. The van der Waals surface area contributed by atoms with Crippen LogP contribution in [0.1, 0.15) is 32.3 Å². The van der Waals surface area contributed by atoms with E-state index in [0.717, 1.165) is 18.4 Å². The number of anilines is 1. The minimum absolute atomic E-state index is 0.111. The molecule has 4 atom stereocenters. The van der Waals surface area contributed by atoms with E-state index >= 15 is 0 Å². The Morgan fingerprint density at radius 1 is 1.22 bits per heavy atom. The zero-order chi connectivity index (χ0) is 23.0. The van der Waals surface area contributed by atoms with Gasteiger partial charge in [-0.05, 0) is 49.3 Å². The van der Waals surface area contributed by atoms with Crippen molar-refractivity contribution < 1.29 is 14.7 Å². The molecule has 2 heterocycles. The molecule has 172 valence electrons. The molecule has 8 nitrogen and oxygen atoms in total. The lowest BCUT2D eigenvalue weighted by Crippen LogP contribution is -2.41. The molecule has 0 radical (unpaired) electrons. The van der Waals surface area contributed by atoms with Crippen LogP contribution in [-0.2, 0) is 11.3 Å². The van der Waals surface area contributed by atoms with E-state index in [2.05, 4.69) is 10.00 Å². The lowest BCUT2D eigenvalue weighted by molar-refractivity contribution is -0.116. The van der Waals surface area contributed by atoms with Gasteiger partial charge in [0.2, 0.25) is 5.91 Å². The van der Waals surface area contributed by atoms with E-state index in [0.29, 0.717) is 42.2 Å². The summed E-state index contributed by atoms with van der Waals surface area (Å²) in [6, 6.07) is 7.86. The van der Waals surface area contributed by atoms with Gasteiger partial charge < -0.3 is 14.9 Å². The van der Waals surface area contributed by atoms with Crippen LogP contribution in [0.15, 0.2) is 36.7 Å². The van der Waals surface area contributed by atoms with Crippen molar-refractivity contribution in [3.63, 3.8) is 0 Å².